The molecule has 0 saturated heterocycles. The van der Waals surface area contributed by atoms with Crippen LogP contribution in [0.3, 0.4) is 0 Å². The predicted octanol–water partition coefficient (Wildman–Crippen LogP) is 0.602. The third kappa shape index (κ3) is 1.40. The lowest BCUT2D eigenvalue weighted by atomic mass is 10.3. The van der Waals surface area contributed by atoms with Crippen molar-refractivity contribution in [3.63, 3.8) is 0 Å². The van der Waals surface area contributed by atoms with Crippen LogP contribution in [0.2, 0.25) is 0 Å². The first kappa shape index (κ1) is 7.37. The highest BCUT2D eigenvalue weighted by Crippen LogP contribution is 2.08. The fourth-order valence-electron chi connectivity index (χ4n) is 0.661. The first-order valence-corrected chi connectivity index (χ1v) is 3.83. The number of hydrogen-bond donors (Lipinski definition) is 1. The van der Waals surface area contributed by atoms with Crippen LogP contribution in [-0.2, 0) is 4.79 Å². The van der Waals surface area contributed by atoms with Gasteiger partial charge in [-0.1, -0.05) is 0 Å². The summed E-state index contributed by atoms with van der Waals surface area (Å²) in [6.45, 7) is 0. The Morgan fingerprint density at radius 3 is 3.10 bits per heavy atom. The standard InChI is InChI=1S/C6H8N2OS/c1-7-5(2-9)6-3-10-4-8-6/h2-5,7H,1H3. The molecule has 0 fully saturated rings. The number of thiazole rings is 1. The second-order valence-electron chi connectivity index (χ2n) is 1.82. The average molecular weight is 156 g/mol. The molecule has 0 aromatic carbocycles. The van der Waals surface area contributed by atoms with Gasteiger partial charge in [-0.05, 0) is 7.05 Å². The van der Waals surface area contributed by atoms with Gasteiger partial charge in [-0.2, -0.15) is 0 Å². The van der Waals surface area contributed by atoms with Crippen molar-refractivity contribution in [1.82, 2.24) is 10.3 Å². The fraction of sp³-hybridized carbons (Fsp3) is 0.333. The number of nitrogens with zero attached hydrogens (tertiary/aromatic N) is 1. The molecule has 1 N–H and O–H groups in total. The smallest absolute Gasteiger partial charge is 0.143 e. The van der Waals surface area contributed by atoms with Crippen molar-refractivity contribution in [2.75, 3.05) is 7.05 Å². The number of hydrogen-bond acceptors (Lipinski definition) is 4. The van der Waals surface area contributed by atoms with E-state index in [9.17, 15) is 4.79 Å². The van der Waals surface area contributed by atoms with Gasteiger partial charge >= 0.3 is 0 Å². The molecule has 1 aromatic rings. The van der Waals surface area contributed by atoms with Crippen LogP contribution in [0, 0.1) is 0 Å². The minimum Gasteiger partial charge on any atom is -0.306 e. The third-order valence-corrected chi connectivity index (χ3v) is 1.82. The molecule has 0 amide bonds. The normalized spacial score (nSPS) is 12.9. The summed E-state index contributed by atoms with van der Waals surface area (Å²) in [5, 5.41) is 4.69. The second kappa shape index (κ2) is 3.43. The van der Waals surface area contributed by atoms with Crippen molar-refractivity contribution >= 4 is 17.6 Å². The van der Waals surface area contributed by atoms with Crippen LogP contribution in [0.25, 0.3) is 0 Å². The summed E-state index contributed by atoms with van der Waals surface area (Å²) in [5.74, 6) is 0. The molecule has 0 saturated carbocycles. The van der Waals surface area contributed by atoms with Gasteiger partial charge in [0.25, 0.3) is 0 Å². The van der Waals surface area contributed by atoms with Crippen LogP contribution in [0.15, 0.2) is 10.9 Å². The van der Waals surface area contributed by atoms with Crippen molar-refractivity contribution in [3.05, 3.63) is 16.6 Å². The van der Waals surface area contributed by atoms with E-state index in [0.29, 0.717) is 0 Å². The SMILES string of the molecule is CNC(C=O)c1cscn1. The Morgan fingerprint density at radius 1 is 1.90 bits per heavy atom. The number of carbonyl (C=O) groups excluding carboxylic acids is 1. The van der Waals surface area contributed by atoms with Crippen LogP contribution >= 0.6 is 11.3 Å². The quantitative estimate of drug-likeness (QED) is 0.652. The average Bonchev–Trinajstić information content (AvgIpc) is 2.43. The lowest BCUT2D eigenvalue weighted by molar-refractivity contribution is -0.109. The molecule has 0 spiro atoms. The van der Waals surface area contributed by atoms with Gasteiger partial charge in [0.05, 0.1) is 11.2 Å². The van der Waals surface area contributed by atoms with Gasteiger partial charge in [0.1, 0.15) is 12.3 Å². The summed E-state index contributed by atoms with van der Waals surface area (Å²) in [4.78, 5) is 14.3. The van der Waals surface area contributed by atoms with Crippen LogP contribution in [0.5, 0.6) is 0 Å². The molecular formula is C6H8N2OS. The van der Waals surface area contributed by atoms with E-state index < -0.39 is 0 Å². The van der Waals surface area contributed by atoms with Crippen molar-refractivity contribution in [2.24, 2.45) is 0 Å². The van der Waals surface area contributed by atoms with Crippen molar-refractivity contribution in [1.29, 1.82) is 0 Å². The van der Waals surface area contributed by atoms with E-state index in [4.69, 9.17) is 0 Å². The van der Waals surface area contributed by atoms with Gasteiger partial charge in [-0.3, -0.25) is 0 Å². The number of carbonyl (C=O) groups is 1. The van der Waals surface area contributed by atoms with E-state index in [1.54, 1.807) is 12.6 Å². The zero-order chi connectivity index (χ0) is 7.40. The van der Waals surface area contributed by atoms with Crippen LogP contribution < -0.4 is 5.32 Å². The molecule has 1 unspecified atom stereocenters. The molecule has 0 radical (unpaired) electrons. The van der Waals surface area contributed by atoms with Gasteiger partial charge in [0, 0.05) is 5.38 Å². The van der Waals surface area contributed by atoms with Gasteiger partial charge < -0.3 is 10.1 Å². The number of likely N-dealkylation sites (N-methyl/N-ethyl adjacent to an activating group) is 1. The second-order valence-corrected chi connectivity index (χ2v) is 2.53. The topological polar surface area (TPSA) is 42.0 Å². The van der Waals surface area contributed by atoms with E-state index in [1.165, 1.54) is 11.3 Å². The maximum Gasteiger partial charge on any atom is 0.143 e. The summed E-state index contributed by atoms with van der Waals surface area (Å²) in [5.41, 5.74) is 2.51. The minimum absolute atomic E-state index is 0.244. The van der Waals surface area contributed by atoms with Crippen molar-refractivity contribution < 1.29 is 4.79 Å². The Kier molecular flexibility index (Phi) is 2.53. The van der Waals surface area contributed by atoms with Gasteiger partial charge in [-0.25, -0.2) is 4.98 Å². The molecule has 1 heterocycles. The predicted molar refractivity (Wildman–Crippen MR) is 40.0 cm³/mol. The lowest BCUT2D eigenvalue weighted by Crippen LogP contribution is -2.17. The summed E-state index contributed by atoms with van der Waals surface area (Å²) in [6, 6.07) is -0.244. The van der Waals surface area contributed by atoms with Crippen LogP contribution in [0.4, 0.5) is 0 Å². The maximum absolute atomic E-state index is 10.3. The Bertz CT molecular complexity index is 198. The van der Waals surface area contributed by atoms with Crippen LogP contribution in [0.1, 0.15) is 11.7 Å². The Morgan fingerprint density at radius 2 is 2.70 bits per heavy atom. The minimum atomic E-state index is -0.244. The molecule has 0 bridgehead atoms. The molecule has 1 atom stereocenters. The van der Waals surface area contributed by atoms with E-state index in [0.717, 1.165) is 12.0 Å². The maximum atomic E-state index is 10.3. The summed E-state index contributed by atoms with van der Waals surface area (Å²) >= 11 is 1.49. The largest absolute Gasteiger partial charge is 0.306 e. The Hall–Kier alpha value is -0.740. The molecule has 0 aliphatic carbocycles. The van der Waals surface area contributed by atoms with Gasteiger partial charge in [0.2, 0.25) is 0 Å². The highest BCUT2D eigenvalue weighted by Gasteiger charge is 2.07. The number of rotatable bonds is 3. The van der Waals surface area contributed by atoms with E-state index in [-0.39, 0.29) is 6.04 Å². The molecule has 54 valence electrons. The molecule has 10 heavy (non-hydrogen) atoms. The van der Waals surface area contributed by atoms with Crippen molar-refractivity contribution in [3.8, 4) is 0 Å². The number of aromatic nitrogens is 1. The molecule has 0 aliphatic rings. The highest BCUT2D eigenvalue weighted by atomic mass is 32.1. The molecule has 3 nitrogen and oxygen atoms in total. The highest BCUT2D eigenvalue weighted by molar-refractivity contribution is 7.07. The molecule has 1 aromatic heterocycles. The van der Waals surface area contributed by atoms with Crippen LogP contribution in [-0.4, -0.2) is 18.3 Å². The Labute approximate surface area is 63.1 Å². The zero-order valence-electron chi connectivity index (χ0n) is 5.57. The van der Waals surface area contributed by atoms with E-state index in [1.807, 2.05) is 5.38 Å². The third-order valence-electron chi connectivity index (χ3n) is 1.22. The lowest BCUT2D eigenvalue weighted by Gasteiger charge is -2.02. The number of nitrogens with one attached hydrogen (secondary N) is 1. The first-order chi connectivity index (χ1) is 4.88. The first-order valence-electron chi connectivity index (χ1n) is 2.89. The monoisotopic (exact) mass is 156 g/mol. The van der Waals surface area contributed by atoms with E-state index in [2.05, 4.69) is 10.3 Å². The van der Waals surface area contributed by atoms with E-state index >= 15 is 0 Å². The fourth-order valence-corrected chi connectivity index (χ4v) is 1.25. The summed E-state index contributed by atoms with van der Waals surface area (Å²) in [7, 11) is 1.73. The van der Waals surface area contributed by atoms with Gasteiger partial charge in [-0.15, -0.1) is 11.3 Å². The van der Waals surface area contributed by atoms with Crippen molar-refractivity contribution in [2.45, 2.75) is 6.04 Å². The zero-order valence-corrected chi connectivity index (χ0v) is 6.39. The molecular weight excluding hydrogens is 148 g/mol. The van der Waals surface area contributed by atoms with Gasteiger partial charge in [0.15, 0.2) is 0 Å². The summed E-state index contributed by atoms with van der Waals surface area (Å²) < 4.78 is 0. The number of aldehydes is 1. The summed E-state index contributed by atoms with van der Waals surface area (Å²) in [6.07, 6.45) is 0.842. The molecule has 4 heteroatoms. The Balaban J connectivity index is 2.73. The molecule has 0 aliphatic heterocycles. The molecule has 1 rings (SSSR count).